The van der Waals surface area contributed by atoms with Gasteiger partial charge in [-0.15, -0.1) is 0 Å². The summed E-state index contributed by atoms with van der Waals surface area (Å²) >= 11 is 0. The number of hydrogen-bond acceptors (Lipinski definition) is 0. The van der Waals surface area contributed by atoms with E-state index in [9.17, 15) is 0 Å². The van der Waals surface area contributed by atoms with Crippen LogP contribution in [0.15, 0.2) is 91.0 Å². The molecule has 90 valence electrons. The maximum atomic E-state index is 2.18. The summed E-state index contributed by atoms with van der Waals surface area (Å²) in [6.07, 6.45) is 0. The monoisotopic (exact) mass is 243 g/mol. The predicted molar refractivity (Wildman–Crippen MR) is 81.7 cm³/mol. The largest absolute Gasteiger partial charge is 0.103 e. The maximum absolute atomic E-state index is 2.18. The van der Waals surface area contributed by atoms with Crippen LogP contribution in [0.4, 0.5) is 0 Å². The third-order valence-electron chi connectivity index (χ3n) is 3.21. The van der Waals surface area contributed by atoms with E-state index in [4.69, 9.17) is 0 Å². The van der Waals surface area contributed by atoms with Crippen molar-refractivity contribution < 1.29 is 0 Å². The zero-order valence-corrected chi connectivity index (χ0v) is 10.7. The van der Waals surface area contributed by atoms with Crippen LogP contribution >= 0.6 is 0 Å². The van der Waals surface area contributed by atoms with Crippen LogP contribution < -0.4 is 0 Å². The topological polar surface area (TPSA) is 0 Å². The zero-order chi connectivity index (χ0) is 12.9. The lowest BCUT2D eigenvalue weighted by Crippen LogP contribution is -1.72. The van der Waals surface area contributed by atoms with Gasteiger partial charge in [-0.25, -0.2) is 0 Å². The highest BCUT2D eigenvalue weighted by molar-refractivity contribution is 5.68. The summed E-state index contributed by atoms with van der Waals surface area (Å²) in [4.78, 5) is 0. The number of benzene rings is 2. The van der Waals surface area contributed by atoms with Crippen LogP contribution in [0.5, 0.6) is 0 Å². The molecule has 0 spiro atoms. The fraction of sp³-hybridized carbons (Fsp3) is 0. The van der Waals surface area contributed by atoms with Crippen molar-refractivity contribution >= 4 is 0 Å². The van der Waals surface area contributed by atoms with Gasteiger partial charge < -0.3 is 0 Å². The molecule has 0 heteroatoms. The van der Waals surface area contributed by atoms with Gasteiger partial charge in [0, 0.05) is 29.3 Å². The molecule has 0 aliphatic rings. The Kier molecular flexibility index (Phi) is 3.33. The first kappa shape index (κ1) is 11.6. The molecule has 0 heterocycles. The minimum atomic E-state index is 1.24. The van der Waals surface area contributed by atoms with Crippen LogP contribution in [0, 0.1) is 0 Å². The van der Waals surface area contributed by atoms with Crippen LogP contribution in [-0.4, -0.2) is 0 Å². The van der Waals surface area contributed by atoms with Crippen LogP contribution in [0.25, 0.3) is 22.3 Å². The van der Waals surface area contributed by atoms with Gasteiger partial charge in [-0.1, -0.05) is 36.4 Å². The molecule has 19 heavy (non-hydrogen) atoms. The second kappa shape index (κ2) is 5.45. The van der Waals surface area contributed by atoms with Gasteiger partial charge in [0.05, 0.1) is 5.56 Å². The van der Waals surface area contributed by atoms with E-state index in [2.05, 4.69) is 78.9 Å². The summed E-state index contributed by atoms with van der Waals surface area (Å²) in [6.45, 7) is 0. The van der Waals surface area contributed by atoms with Crippen LogP contribution in [-0.2, 0) is 0 Å². The van der Waals surface area contributed by atoms with Crippen molar-refractivity contribution in [1.29, 1.82) is 0 Å². The molecule has 0 aliphatic heterocycles. The molecule has 0 amide bonds. The van der Waals surface area contributed by atoms with Crippen LogP contribution in [0.1, 0.15) is 0 Å². The van der Waals surface area contributed by atoms with E-state index in [0.717, 1.165) is 0 Å². The lowest BCUT2D eigenvalue weighted by molar-refractivity contribution is 1.65. The van der Waals surface area contributed by atoms with E-state index in [1.165, 1.54) is 22.3 Å². The van der Waals surface area contributed by atoms with Crippen LogP contribution in [0.3, 0.4) is 0 Å². The zero-order valence-electron chi connectivity index (χ0n) is 10.7. The number of hydrogen-bond donors (Lipinski definition) is 0. The Balaban J connectivity index is 2.03. The Hall–Kier alpha value is -2.47. The minimum absolute atomic E-state index is 1.24. The molecule has 3 aromatic rings. The van der Waals surface area contributed by atoms with Gasteiger partial charge in [-0.05, 0) is 36.4 Å². The average molecular weight is 243 g/mol. The van der Waals surface area contributed by atoms with Gasteiger partial charge in [0.15, 0.2) is 0 Å². The van der Waals surface area contributed by atoms with Crippen molar-refractivity contribution in [2.45, 2.75) is 0 Å². The van der Waals surface area contributed by atoms with Gasteiger partial charge in [0.1, 0.15) is 5.56 Å². The van der Waals surface area contributed by atoms with Crippen molar-refractivity contribution in [3.05, 3.63) is 91.0 Å². The summed E-state index contributed by atoms with van der Waals surface area (Å²) in [7, 11) is 0. The lowest BCUT2D eigenvalue weighted by atomic mass is 10.1. The molecule has 0 fully saturated rings. The van der Waals surface area contributed by atoms with Gasteiger partial charge in [-0.2, -0.15) is 0 Å². The Labute approximate surface area is 114 Å². The third-order valence-corrected chi connectivity index (χ3v) is 3.21. The molecule has 0 aromatic heterocycles. The van der Waals surface area contributed by atoms with Crippen molar-refractivity contribution in [3.8, 4) is 22.3 Å². The van der Waals surface area contributed by atoms with Crippen molar-refractivity contribution in [3.63, 3.8) is 0 Å². The van der Waals surface area contributed by atoms with Crippen molar-refractivity contribution in [1.82, 2.24) is 0 Å². The van der Waals surface area contributed by atoms with Gasteiger partial charge in [0.2, 0.25) is 0 Å². The van der Waals surface area contributed by atoms with Crippen molar-refractivity contribution in [2.24, 2.45) is 0 Å². The summed E-state index contributed by atoms with van der Waals surface area (Å²) in [6, 6.07) is 31.7. The lowest BCUT2D eigenvalue weighted by Gasteiger charge is -1.92. The molecule has 0 aliphatic carbocycles. The Morgan fingerprint density at radius 2 is 1.05 bits per heavy atom. The average Bonchev–Trinajstić information content (AvgIpc) is 2.75. The first-order chi connectivity index (χ1) is 9.43. The second-order valence-electron chi connectivity index (χ2n) is 4.50. The Bertz CT molecular complexity index is 602. The molecule has 0 bridgehead atoms. The molecular formula is C19H15+. The quantitative estimate of drug-likeness (QED) is 0.536. The number of rotatable bonds is 2. The highest BCUT2D eigenvalue weighted by atomic mass is 14.0. The van der Waals surface area contributed by atoms with Gasteiger partial charge in [0.25, 0.3) is 0 Å². The molecule has 0 atom stereocenters. The van der Waals surface area contributed by atoms with E-state index in [1.54, 1.807) is 0 Å². The fourth-order valence-electron chi connectivity index (χ4n) is 2.19. The maximum Gasteiger partial charge on any atom is 0.103 e. The van der Waals surface area contributed by atoms with E-state index in [1.807, 2.05) is 12.1 Å². The van der Waals surface area contributed by atoms with E-state index in [0.29, 0.717) is 0 Å². The molecule has 0 N–H and O–H groups in total. The molecule has 3 rings (SSSR count). The minimum Gasteiger partial charge on any atom is -0.0622 e. The molecule has 3 aromatic carbocycles. The normalized spacial score (nSPS) is 10.1. The third kappa shape index (κ3) is 2.69. The van der Waals surface area contributed by atoms with Gasteiger partial charge in [-0.3, -0.25) is 0 Å². The highest BCUT2D eigenvalue weighted by Gasteiger charge is 2.03. The molecule has 0 saturated heterocycles. The predicted octanol–water partition coefficient (Wildman–Crippen LogP) is 5.30. The van der Waals surface area contributed by atoms with E-state index < -0.39 is 0 Å². The Morgan fingerprint density at radius 1 is 0.474 bits per heavy atom. The standard InChI is InChI=1S/C19H15/c1-3-8-16(9-4-1)18-12-7-13-19(15-14-18)17-10-5-2-6-11-17/h1-15H/q+1. The first-order valence-corrected chi connectivity index (χ1v) is 6.48. The first-order valence-electron chi connectivity index (χ1n) is 6.48. The molecular weight excluding hydrogens is 228 g/mol. The van der Waals surface area contributed by atoms with E-state index >= 15 is 0 Å². The highest BCUT2D eigenvalue weighted by Crippen LogP contribution is 2.22. The van der Waals surface area contributed by atoms with Crippen molar-refractivity contribution in [2.75, 3.05) is 0 Å². The SMILES string of the molecule is c1ccc(-c2cccc(-c3ccccc3)[cH+]c2)cc1. The summed E-state index contributed by atoms with van der Waals surface area (Å²) in [5, 5.41) is 0. The molecule has 0 saturated carbocycles. The molecule has 0 radical (unpaired) electrons. The fourth-order valence-corrected chi connectivity index (χ4v) is 2.19. The van der Waals surface area contributed by atoms with E-state index in [-0.39, 0.29) is 0 Å². The smallest absolute Gasteiger partial charge is 0.0622 e. The Morgan fingerprint density at radius 3 is 1.74 bits per heavy atom. The summed E-state index contributed by atoms with van der Waals surface area (Å²) in [5.41, 5.74) is 4.97. The molecule has 0 nitrogen and oxygen atoms in total. The summed E-state index contributed by atoms with van der Waals surface area (Å²) in [5.74, 6) is 0. The summed E-state index contributed by atoms with van der Waals surface area (Å²) < 4.78 is 0. The van der Waals surface area contributed by atoms with Gasteiger partial charge >= 0.3 is 0 Å². The molecule has 0 unspecified atom stereocenters. The van der Waals surface area contributed by atoms with Crippen LogP contribution in [0.2, 0.25) is 0 Å². The second-order valence-corrected chi connectivity index (χ2v) is 4.50.